The number of para-hydroxylation sites is 1. The number of ketones is 1. The molecule has 2 fully saturated rings. The SMILES string of the molecule is COc1cccc(C(=O)C=CN2CCN(C3CCCC3)CC2)c1OC. The molecule has 0 bridgehead atoms. The summed E-state index contributed by atoms with van der Waals surface area (Å²) in [6.07, 6.45) is 9.02. The second-order valence-corrected chi connectivity index (χ2v) is 6.73. The first-order valence-electron chi connectivity index (χ1n) is 9.14. The Hall–Kier alpha value is -2.01. The van der Waals surface area contributed by atoms with Gasteiger partial charge in [0.05, 0.1) is 19.8 Å². The summed E-state index contributed by atoms with van der Waals surface area (Å²) in [4.78, 5) is 17.4. The van der Waals surface area contributed by atoms with Crippen molar-refractivity contribution in [3.8, 4) is 11.5 Å². The van der Waals surface area contributed by atoms with E-state index in [9.17, 15) is 4.79 Å². The van der Waals surface area contributed by atoms with E-state index in [1.807, 2.05) is 12.3 Å². The largest absolute Gasteiger partial charge is 0.493 e. The Morgan fingerprint density at radius 1 is 1.08 bits per heavy atom. The highest BCUT2D eigenvalue weighted by Gasteiger charge is 2.25. The molecule has 0 amide bonds. The number of nitrogens with zero attached hydrogens (tertiary/aromatic N) is 2. The number of piperazine rings is 1. The fraction of sp³-hybridized carbons (Fsp3) is 0.550. The molecule has 1 aromatic carbocycles. The minimum Gasteiger partial charge on any atom is -0.493 e. The van der Waals surface area contributed by atoms with Crippen molar-refractivity contribution in [3.63, 3.8) is 0 Å². The minimum atomic E-state index is -0.0611. The highest BCUT2D eigenvalue weighted by molar-refractivity contribution is 6.07. The molecule has 5 heteroatoms. The standard InChI is InChI=1S/C20H28N2O3/c1-24-19-9-5-8-17(20(19)25-2)18(23)10-11-21-12-14-22(15-13-21)16-6-3-4-7-16/h5,8-11,16H,3-4,6-7,12-15H2,1-2H3. The van der Waals surface area contributed by atoms with Crippen LogP contribution < -0.4 is 9.47 Å². The van der Waals surface area contributed by atoms with Crippen molar-refractivity contribution in [3.05, 3.63) is 36.0 Å². The first-order chi connectivity index (χ1) is 12.2. The van der Waals surface area contributed by atoms with Gasteiger partial charge in [0.2, 0.25) is 0 Å². The summed E-state index contributed by atoms with van der Waals surface area (Å²) in [7, 11) is 3.13. The van der Waals surface area contributed by atoms with E-state index in [0.29, 0.717) is 17.1 Å². The Kier molecular flexibility index (Phi) is 5.97. The van der Waals surface area contributed by atoms with Crippen LogP contribution in [0.15, 0.2) is 30.5 Å². The van der Waals surface area contributed by atoms with Crippen molar-refractivity contribution in [2.24, 2.45) is 0 Å². The third-order valence-corrected chi connectivity index (χ3v) is 5.30. The molecular formula is C20H28N2O3. The van der Waals surface area contributed by atoms with E-state index < -0.39 is 0 Å². The number of benzene rings is 1. The third kappa shape index (κ3) is 4.15. The van der Waals surface area contributed by atoms with Gasteiger partial charge in [-0.25, -0.2) is 0 Å². The topological polar surface area (TPSA) is 42.0 Å². The van der Waals surface area contributed by atoms with Crippen LogP contribution in [0.3, 0.4) is 0 Å². The van der Waals surface area contributed by atoms with Gasteiger partial charge in [-0.15, -0.1) is 0 Å². The molecule has 1 aliphatic heterocycles. The molecule has 0 atom stereocenters. The fourth-order valence-corrected chi connectivity index (χ4v) is 3.87. The summed E-state index contributed by atoms with van der Waals surface area (Å²) < 4.78 is 10.6. The molecule has 5 nitrogen and oxygen atoms in total. The average molecular weight is 344 g/mol. The second kappa shape index (κ2) is 8.39. The summed E-state index contributed by atoms with van der Waals surface area (Å²) in [5.41, 5.74) is 0.530. The molecule has 3 rings (SSSR count). The molecule has 0 spiro atoms. The van der Waals surface area contributed by atoms with Gasteiger partial charge in [-0.05, 0) is 25.0 Å². The molecule has 1 aromatic rings. The molecule has 0 radical (unpaired) electrons. The van der Waals surface area contributed by atoms with Crippen molar-refractivity contribution in [1.29, 1.82) is 0 Å². The van der Waals surface area contributed by atoms with Crippen molar-refractivity contribution in [1.82, 2.24) is 9.80 Å². The smallest absolute Gasteiger partial charge is 0.191 e. The highest BCUT2D eigenvalue weighted by atomic mass is 16.5. The summed E-state index contributed by atoms with van der Waals surface area (Å²) in [5.74, 6) is 1.01. The Morgan fingerprint density at radius 3 is 2.44 bits per heavy atom. The quantitative estimate of drug-likeness (QED) is 0.586. The lowest BCUT2D eigenvalue weighted by atomic mass is 10.1. The number of ether oxygens (including phenoxy) is 2. The third-order valence-electron chi connectivity index (χ3n) is 5.30. The van der Waals surface area contributed by atoms with Gasteiger partial charge in [0, 0.05) is 44.5 Å². The van der Waals surface area contributed by atoms with E-state index in [0.717, 1.165) is 32.2 Å². The van der Waals surface area contributed by atoms with Gasteiger partial charge in [0.25, 0.3) is 0 Å². The van der Waals surface area contributed by atoms with Crippen molar-refractivity contribution < 1.29 is 14.3 Å². The fourth-order valence-electron chi connectivity index (χ4n) is 3.87. The maximum absolute atomic E-state index is 12.5. The van der Waals surface area contributed by atoms with Gasteiger partial charge < -0.3 is 14.4 Å². The van der Waals surface area contributed by atoms with E-state index in [2.05, 4.69) is 9.80 Å². The minimum absolute atomic E-state index is 0.0611. The van der Waals surface area contributed by atoms with E-state index >= 15 is 0 Å². The van der Waals surface area contributed by atoms with E-state index in [1.54, 1.807) is 32.4 Å². The first-order valence-corrected chi connectivity index (χ1v) is 9.14. The molecule has 0 aromatic heterocycles. The normalized spacial score (nSPS) is 19.5. The zero-order valence-electron chi connectivity index (χ0n) is 15.2. The van der Waals surface area contributed by atoms with Crippen LogP contribution in [-0.4, -0.2) is 62.0 Å². The van der Waals surface area contributed by atoms with Gasteiger partial charge in [-0.1, -0.05) is 18.9 Å². The number of allylic oxidation sites excluding steroid dienone is 1. The summed E-state index contributed by atoms with van der Waals surface area (Å²) in [6, 6.07) is 6.16. The van der Waals surface area contributed by atoms with Gasteiger partial charge >= 0.3 is 0 Å². The van der Waals surface area contributed by atoms with Crippen molar-refractivity contribution in [2.45, 2.75) is 31.7 Å². The molecule has 2 aliphatic rings. The van der Waals surface area contributed by atoms with Crippen LogP contribution in [0.1, 0.15) is 36.0 Å². The van der Waals surface area contributed by atoms with Crippen LogP contribution in [0.25, 0.3) is 0 Å². The molecular weight excluding hydrogens is 316 g/mol. The summed E-state index contributed by atoms with van der Waals surface area (Å²) in [6.45, 7) is 4.14. The van der Waals surface area contributed by atoms with Gasteiger partial charge in [0.15, 0.2) is 17.3 Å². The predicted molar refractivity (Wildman–Crippen MR) is 98.4 cm³/mol. The van der Waals surface area contributed by atoms with Crippen LogP contribution in [0.2, 0.25) is 0 Å². The molecule has 1 saturated heterocycles. The number of carbonyl (C=O) groups excluding carboxylic acids is 1. The Balaban J connectivity index is 1.58. The van der Waals surface area contributed by atoms with Crippen LogP contribution in [0.4, 0.5) is 0 Å². The van der Waals surface area contributed by atoms with Crippen LogP contribution >= 0.6 is 0 Å². The zero-order valence-corrected chi connectivity index (χ0v) is 15.2. The predicted octanol–water partition coefficient (Wildman–Crippen LogP) is 2.96. The lowest BCUT2D eigenvalue weighted by Crippen LogP contribution is -2.47. The second-order valence-electron chi connectivity index (χ2n) is 6.73. The maximum Gasteiger partial charge on any atom is 0.191 e. The monoisotopic (exact) mass is 344 g/mol. The number of hydrogen-bond acceptors (Lipinski definition) is 5. The zero-order chi connectivity index (χ0) is 17.6. The van der Waals surface area contributed by atoms with Gasteiger partial charge in [-0.3, -0.25) is 9.69 Å². The Bertz CT molecular complexity index is 615. The molecule has 0 N–H and O–H groups in total. The number of carbonyl (C=O) groups is 1. The Morgan fingerprint density at radius 2 is 1.80 bits per heavy atom. The number of hydrogen-bond donors (Lipinski definition) is 0. The van der Waals surface area contributed by atoms with Gasteiger partial charge in [-0.2, -0.15) is 0 Å². The molecule has 1 aliphatic carbocycles. The highest BCUT2D eigenvalue weighted by Crippen LogP contribution is 2.31. The maximum atomic E-state index is 12.5. The van der Waals surface area contributed by atoms with Crippen LogP contribution in [0.5, 0.6) is 11.5 Å². The molecule has 1 saturated carbocycles. The van der Waals surface area contributed by atoms with E-state index in [4.69, 9.17) is 9.47 Å². The summed E-state index contributed by atoms with van der Waals surface area (Å²) >= 11 is 0. The van der Waals surface area contributed by atoms with Crippen LogP contribution in [0, 0.1) is 0 Å². The average Bonchev–Trinajstić information content (AvgIpc) is 3.20. The van der Waals surface area contributed by atoms with Crippen molar-refractivity contribution in [2.75, 3.05) is 40.4 Å². The number of methoxy groups -OCH3 is 2. The number of rotatable bonds is 6. The molecule has 25 heavy (non-hydrogen) atoms. The molecule has 0 unspecified atom stereocenters. The van der Waals surface area contributed by atoms with Gasteiger partial charge in [0.1, 0.15) is 0 Å². The van der Waals surface area contributed by atoms with E-state index in [-0.39, 0.29) is 5.78 Å². The first kappa shape index (κ1) is 17.8. The summed E-state index contributed by atoms with van der Waals surface area (Å²) in [5, 5.41) is 0. The van der Waals surface area contributed by atoms with Crippen LogP contribution in [-0.2, 0) is 0 Å². The Labute approximate surface area is 150 Å². The van der Waals surface area contributed by atoms with Crippen molar-refractivity contribution >= 4 is 5.78 Å². The van der Waals surface area contributed by atoms with E-state index in [1.165, 1.54) is 25.7 Å². The molecule has 136 valence electrons. The lowest BCUT2D eigenvalue weighted by Gasteiger charge is -2.37. The molecule has 1 heterocycles. The lowest BCUT2D eigenvalue weighted by molar-refractivity contribution is 0.103.